The highest BCUT2D eigenvalue weighted by molar-refractivity contribution is 14.0. The largest absolute Gasteiger partial charge is 0.356 e. The van der Waals surface area contributed by atoms with E-state index in [1.165, 1.54) is 24.3 Å². The molecule has 140 valence electrons. The number of nitrogens with zero attached hydrogens (tertiary/aromatic N) is 2. The highest BCUT2D eigenvalue weighted by atomic mass is 127. The molecule has 2 rings (SSSR count). The highest BCUT2D eigenvalue weighted by Gasteiger charge is 2.05. The zero-order valence-corrected chi connectivity index (χ0v) is 17.0. The van der Waals surface area contributed by atoms with E-state index in [9.17, 15) is 14.5 Å². The fourth-order valence-corrected chi connectivity index (χ4v) is 2.40. The van der Waals surface area contributed by atoms with Crippen LogP contribution in [0.2, 0.25) is 0 Å². The first-order valence-electron chi connectivity index (χ1n) is 7.92. The third-order valence-corrected chi connectivity index (χ3v) is 3.82. The van der Waals surface area contributed by atoms with Crippen LogP contribution in [-0.4, -0.2) is 24.5 Å². The Balaban J connectivity index is 0.00000338. The number of benzene rings is 2. The molecule has 0 fully saturated rings. The van der Waals surface area contributed by atoms with Crippen LogP contribution in [0.1, 0.15) is 16.7 Å². The monoisotopic (exact) mass is 472 g/mol. The summed E-state index contributed by atoms with van der Waals surface area (Å²) in [5.41, 5.74) is 3.00. The van der Waals surface area contributed by atoms with Gasteiger partial charge in [0.2, 0.25) is 0 Å². The molecule has 0 spiro atoms. The van der Waals surface area contributed by atoms with E-state index < -0.39 is 4.92 Å². The van der Waals surface area contributed by atoms with Crippen LogP contribution in [0.3, 0.4) is 0 Å². The molecule has 0 saturated carbocycles. The van der Waals surface area contributed by atoms with E-state index in [4.69, 9.17) is 0 Å². The van der Waals surface area contributed by atoms with Gasteiger partial charge in [0.1, 0.15) is 5.82 Å². The Morgan fingerprint density at radius 1 is 1.19 bits per heavy atom. The van der Waals surface area contributed by atoms with Crippen molar-refractivity contribution in [2.75, 3.05) is 13.6 Å². The van der Waals surface area contributed by atoms with E-state index in [2.05, 4.69) is 15.6 Å². The Morgan fingerprint density at radius 3 is 2.46 bits per heavy atom. The quantitative estimate of drug-likeness (QED) is 0.222. The van der Waals surface area contributed by atoms with Crippen molar-refractivity contribution in [3.63, 3.8) is 0 Å². The lowest BCUT2D eigenvalue weighted by Gasteiger charge is -2.12. The summed E-state index contributed by atoms with van der Waals surface area (Å²) in [6, 6.07) is 11.1. The molecule has 2 aromatic rings. The van der Waals surface area contributed by atoms with Crippen LogP contribution in [0.15, 0.2) is 47.5 Å². The summed E-state index contributed by atoms with van der Waals surface area (Å²) >= 11 is 0. The summed E-state index contributed by atoms with van der Waals surface area (Å²) in [4.78, 5) is 14.4. The molecular formula is C18H22FIN4O2. The van der Waals surface area contributed by atoms with E-state index in [-0.39, 0.29) is 35.5 Å². The minimum Gasteiger partial charge on any atom is -0.356 e. The van der Waals surface area contributed by atoms with Crippen molar-refractivity contribution in [1.82, 2.24) is 10.6 Å². The number of hydrogen-bond donors (Lipinski definition) is 2. The van der Waals surface area contributed by atoms with Crippen LogP contribution in [0, 0.1) is 22.9 Å². The van der Waals surface area contributed by atoms with Crippen LogP contribution in [0.4, 0.5) is 10.1 Å². The van der Waals surface area contributed by atoms with E-state index in [1.54, 1.807) is 25.2 Å². The smallest absolute Gasteiger partial charge is 0.269 e. The molecule has 0 aliphatic rings. The normalized spacial score (nSPS) is 10.8. The predicted molar refractivity (Wildman–Crippen MR) is 112 cm³/mol. The molecule has 2 aromatic carbocycles. The fourth-order valence-electron chi connectivity index (χ4n) is 2.40. The van der Waals surface area contributed by atoms with Crippen molar-refractivity contribution >= 4 is 35.6 Å². The summed E-state index contributed by atoms with van der Waals surface area (Å²) in [6.07, 6.45) is 0.754. The first-order chi connectivity index (χ1) is 12.0. The molecule has 6 nitrogen and oxygen atoms in total. The maximum absolute atomic E-state index is 13.1. The summed E-state index contributed by atoms with van der Waals surface area (Å²) in [5.74, 6) is 0.410. The molecular weight excluding hydrogens is 450 g/mol. The molecule has 2 N–H and O–H groups in total. The number of aryl methyl sites for hydroxylation is 1. The van der Waals surface area contributed by atoms with Crippen molar-refractivity contribution in [2.45, 2.75) is 19.9 Å². The molecule has 26 heavy (non-hydrogen) atoms. The van der Waals surface area contributed by atoms with Gasteiger partial charge in [0.05, 0.1) is 4.92 Å². The third kappa shape index (κ3) is 6.58. The van der Waals surface area contributed by atoms with Crippen LogP contribution in [-0.2, 0) is 13.0 Å². The lowest BCUT2D eigenvalue weighted by molar-refractivity contribution is -0.384. The zero-order valence-electron chi connectivity index (χ0n) is 14.7. The zero-order chi connectivity index (χ0) is 18.2. The van der Waals surface area contributed by atoms with Crippen LogP contribution in [0.25, 0.3) is 0 Å². The number of halogens is 2. The maximum atomic E-state index is 13.1. The Labute approximate surface area is 169 Å². The lowest BCUT2D eigenvalue weighted by Crippen LogP contribution is -2.37. The van der Waals surface area contributed by atoms with Crippen LogP contribution < -0.4 is 10.6 Å². The standard InChI is InChI=1S/C18H21FN4O2.HI/c1-13-11-16(19)6-5-15(13)9-10-21-18(20-2)22-12-14-3-7-17(8-4-14)23(24)25;/h3-8,11H,9-10,12H2,1-2H3,(H2,20,21,22);1H. The number of aliphatic imine (C=N–C) groups is 1. The molecule has 0 radical (unpaired) electrons. The number of nitrogens with one attached hydrogen (secondary N) is 2. The molecule has 0 aliphatic heterocycles. The topological polar surface area (TPSA) is 79.6 Å². The van der Waals surface area contributed by atoms with Crippen molar-refractivity contribution in [3.8, 4) is 0 Å². The molecule has 8 heteroatoms. The SMILES string of the molecule is CN=C(NCCc1ccc(F)cc1C)NCc1ccc([N+](=O)[O-])cc1.I. The van der Waals surface area contributed by atoms with Gasteiger partial charge in [0, 0.05) is 32.3 Å². The van der Waals surface area contributed by atoms with Crippen LogP contribution >= 0.6 is 24.0 Å². The van der Waals surface area contributed by atoms with Gasteiger partial charge in [-0.15, -0.1) is 24.0 Å². The van der Waals surface area contributed by atoms with Gasteiger partial charge < -0.3 is 10.6 Å². The van der Waals surface area contributed by atoms with E-state index in [0.717, 1.165) is 23.1 Å². The Morgan fingerprint density at radius 2 is 1.88 bits per heavy atom. The summed E-state index contributed by atoms with van der Waals surface area (Å²) < 4.78 is 13.1. The molecule has 0 amide bonds. The number of non-ortho nitro benzene ring substituents is 1. The molecule has 0 aliphatic carbocycles. The van der Waals surface area contributed by atoms with Crippen molar-refractivity contribution < 1.29 is 9.31 Å². The van der Waals surface area contributed by atoms with Crippen molar-refractivity contribution in [1.29, 1.82) is 0 Å². The minimum atomic E-state index is -0.421. The van der Waals surface area contributed by atoms with Crippen LogP contribution in [0.5, 0.6) is 0 Å². The number of nitro benzene ring substituents is 1. The second-order valence-electron chi connectivity index (χ2n) is 5.60. The molecule has 0 unspecified atom stereocenters. The van der Waals surface area contributed by atoms with Gasteiger partial charge in [-0.25, -0.2) is 4.39 Å². The Kier molecular flexibility index (Phi) is 8.97. The molecule has 0 bridgehead atoms. The molecule has 0 atom stereocenters. The van der Waals surface area contributed by atoms with Gasteiger partial charge >= 0.3 is 0 Å². The summed E-state index contributed by atoms with van der Waals surface area (Å²) in [5, 5.41) is 17.0. The predicted octanol–water partition coefficient (Wildman–Crippen LogP) is 3.57. The van der Waals surface area contributed by atoms with Crippen molar-refractivity contribution in [3.05, 3.63) is 75.1 Å². The second-order valence-corrected chi connectivity index (χ2v) is 5.60. The lowest BCUT2D eigenvalue weighted by atomic mass is 10.1. The molecule has 0 saturated heterocycles. The first-order valence-corrected chi connectivity index (χ1v) is 7.92. The summed E-state index contributed by atoms with van der Waals surface area (Å²) in [6.45, 7) is 3.06. The first kappa shape index (κ1) is 21.8. The van der Waals surface area contributed by atoms with E-state index >= 15 is 0 Å². The van der Waals surface area contributed by atoms with Gasteiger partial charge in [-0.2, -0.15) is 0 Å². The van der Waals surface area contributed by atoms with Gasteiger partial charge in [-0.05, 0) is 42.2 Å². The van der Waals surface area contributed by atoms with Gasteiger partial charge in [-0.1, -0.05) is 18.2 Å². The van der Waals surface area contributed by atoms with Gasteiger partial charge in [0.25, 0.3) is 5.69 Å². The maximum Gasteiger partial charge on any atom is 0.269 e. The Bertz CT molecular complexity index is 766. The van der Waals surface area contributed by atoms with Gasteiger partial charge in [0.15, 0.2) is 5.96 Å². The molecule has 0 heterocycles. The summed E-state index contributed by atoms with van der Waals surface area (Å²) in [7, 11) is 1.67. The number of hydrogen-bond acceptors (Lipinski definition) is 3. The Hall–Kier alpha value is -2.23. The second kappa shape index (κ2) is 10.7. The van der Waals surface area contributed by atoms with E-state index in [0.29, 0.717) is 19.0 Å². The average Bonchev–Trinajstić information content (AvgIpc) is 2.60. The fraction of sp³-hybridized carbons (Fsp3) is 0.278. The van der Waals surface area contributed by atoms with Crippen molar-refractivity contribution in [2.24, 2.45) is 4.99 Å². The minimum absolute atomic E-state index is 0. The average molecular weight is 472 g/mol. The highest BCUT2D eigenvalue weighted by Crippen LogP contribution is 2.12. The molecule has 0 aromatic heterocycles. The van der Waals surface area contributed by atoms with Gasteiger partial charge in [-0.3, -0.25) is 15.1 Å². The number of rotatable bonds is 6. The van der Waals surface area contributed by atoms with E-state index in [1.807, 2.05) is 6.92 Å². The third-order valence-electron chi connectivity index (χ3n) is 3.82. The number of guanidine groups is 1. The number of nitro groups is 1.